The summed E-state index contributed by atoms with van der Waals surface area (Å²) in [5.41, 5.74) is 0.480. The summed E-state index contributed by atoms with van der Waals surface area (Å²) in [5.74, 6) is 0. The first-order valence-electron chi connectivity index (χ1n) is 6.90. The largest absolute Gasteiger partial charge is 0.276 e. The Bertz CT molecular complexity index is 526. The Morgan fingerprint density at radius 1 is 0.565 bits per heavy atom. The molecule has 0 aliphatic carbocycles. The molecule has 0 bridgehead atoms. The average molecular weight is 402 g/mol. The van der Waals surface area contributed by atoms with Gasteiger partial charge < -0.3 is 0 Å². The quantitative estimate of drug-likeness (QED) is 0.395. The summed E-state index contributed by atoms with van der Waals surface area (Å²) < 4.78 is 0. The lowest BCUT2D eigenvalue weighted by Crippen LogP contribution is -2.07. The standard InChI is InChI=1S/C15H16Cl4O4/c1-3-8(12(16)20)10(14(18)22)6-5-7-11(15(19)23)9(4-2)13(17)21/h3-7H2,1-2H3/b10-8+,11-9+. The lowest BCUT2D eigenvalue weighted by molar-refractivity contribution is -0.111. The van der Waals surface area contributed by atoms with Gasteiger partial charge in [-0.05, 0) is 78.5 Å². The Morgan fingerprint density at radius 3 is 1.00 bits per heavy atom. The fourth-order valence-electron chi connectivity index (χ4n) is 2.12. The predicted molar refractivity (Wildman–Crippen MR) is 91.9 cm³/mol. The number of rotatable bonds is 10. The van der Waals surface area contributed by atoms with Crippen molar-refractivity contribution in [2.75, 3.05) is 0 Å². The predicted octanol–water partition coefficient (Wildman–Crippen LogP) is 4.63. The summed E-state index contributed by atoms with van der Waals surface area (Å²) in [7, 11) is 0. The van der Waals surface area contributed by atoms with Crippen molar-refractivity contribution in [1.29, 1.82) is 0 Å². The summed E-state index contributed by atoms with van der Waals surface area (Å²) in [5, 5.41) is -3.04. The molecule has 0 saturated carbocycles. The lowest BCUT2D eigenvalue weighted by Gasteiger charge is -2.10. The molecule has 0 radical (unpaired) electrons. The van der Waals surface area contributed by atoms with Crippen molar-refractivity contribution in [1.82, 2.24) is 0 Å². The van der Waals surface area contributed by atoms with Crippen LogP contribution in [0.4, 0.5) is 0 Å². The monoisotopic (exact) mass is 400 g/mol. The van der Waals surface area contributed by atoms with E-state index in [0.717, 1.165) is 0 Å². The van der Waals surface area contributed by atoms with Crippen molar-refractivity contribution in [3.8, 4) is 0 Å². The first-order valence-corrected chi connectivity index (χ1v) is 8.41. The van der Waals surface area contributed by atoms with Crippen molar-refractivity contribution in [3.63, 3.8) is 0 Å². The van der Waals surface area contributed by atoms with Crippen LogP contribution >= 0.6 is 46.4 Å². The first-order chi connectivity index (χ1) is 10.7. The molecule has 0 unspecified atom stereocenters. The number of halogens is 4. The number of carbonyl (C=O) groups excluding carboxylic acids is 4. The van der Waals surface area contributed by atoms with Crippen LogP contribution in [0.25, 0.3) is 0 Å². The molecule has 128 valence electrons. The van der Waals surface area contributed by atoms with Gasteiger partial charge in [0.15, 0.2) is 0 Å². The summed E-state index contributed by atoms with van der Waals surface area (Å²) in [6, 6.07) is 0. The van der Waals surface area contributed by atoms with Gasteiger partial charge in [-0.2, -0.15) is 0 Å². The van der Waals surface area contributed by atoms with Crippen LogP contribution < -0.4 is 0 Å². The van der Waals surface area contributed by atoms with Crippen molar-refractivity contribution in [3.05, 3.63) is 22.3 Å². The Morgan fingerprint density at radius 2 is 0.826 bits per heavy atom. The second-order valence-corrected chi connectivity index (χ2v) is 5.94. The van der Waals surface area contributed by atoms with E-state index in [1.807, 2.05) is 0 Å². The number of carbonyl (C=O) groups is 4. The molecule has 0 aromatic rings. The summed E-state index contributed by atoms with van der Waals surface area (Å²) in [6.07, 6.45) is 1.06. The Labute approximate surface area is 154 Å². The van der Waals surface area contributed by atoms with Gasteiger partial charge >= 0.3 is 0 Å². The average Bonchev–Trinajstić information content (AvgIpc) is 2.43. The third-order valence-electron chi connectivity index (χ3n) is 3.24. The van der Waals surface area contributed by atoms with E-state index in [9.17, 15) is 19.2 Å². The maximum atomic E-state index is 11.5. The molecule has 0 aromatic carbocycles. The number of hydrogen-bond acceptors (Lipinski definition) is 4. The molecular formula is C15H16Cl4O4. The van der Waals surface area contributed by atoms with Crippen LogP contribution in [0, 0.1) is 0 Å². The van der Waals surface area contributed by atoms with E-state index in [0.29, 0.717) is 0 Å². The highest BCUT2D eigenvalue weighted by Crippen LogP contribution is 2.25. The molecule has 0 spiro atoms. The zero-order valence-corrected chi connectivity index (χ0v) is 15.7. The third kappa shape index (κ3) is 7.17. The molecular weight excluding hydrogens is 386 g/mol. The van der Waals surface area contributed by atoms with E-state index >= 15 is 0 Å². The van der Waals surface area contributed by atoms with Gasteiger partial charge in [0, 0.05) is 22.3 Å². The van der Waals surface area contributed by atoms with Crippen LogP contribution in [0.1, 0.15) is 46.0 Å². The van der Waals surface area contributed by atoms with Gasteiger partial charge in [-0.1, -0.05) is 13.8 Å². The molecule has 4 nitrogen and oxygen atoms in total. The van der Waals surface area contributed by atoms with Crippen LogP contribution in [0.2, 0.25) is 0 Å². The first kappa shape index (κ1) is 22.3. The molecule has 0 N–H and O–H groups in total. The van der Waals surface area contributed by atoms with Gasteiger partial charge in [0.25, 0.3) is 0 Å². The molecule has 0 aromatic heterocycles. The smallest absolute Gasteiger partial charge is 0.248 e. The highest BCUT2D eigenvalue weighted by atomic mass is 35.5. The van der Waals surface area contributed by atoms with E-state index in [4.69, 9.17) is 46.4 Å². The SMILES string of the molecule is CC/C(C(=O)Cl)=C(/CCC/C(C(=O)Cl)=C(/CC)C(=O)Cl)C(=O)Cl. The normalized spacial score (nSPS) is 13.1. The number of allylic oxidation sites excluding steroid dienone is 4. The molecule has 0 amide bonds. The van der Waals surface area contributed by atoms with Crippen LogP contribution in [0.5, 0.6) is 0 Å². The van der Waals surface area contributed by atoms with Gasteiger partial charge in [0.05, 0.1) is 0 Å². The van der Waals surface area contributed by atoms with Gasteiger partial charge in [0.1, 0.15) is 0 Å². The lowest BCUT2D eigenvalue weighted by atomic mass is 9.97. The van der Waals surface area contributed by atoms with Gasteiger partial charge in [-0.3, -0.25) is 19.2 Å². The Hall–Kier alpha value is -0.680. The zero-order chi connectivity index (χ0) is 18.2. The Kier molecular flexibility index (Phi) is 10.7. The molecule has 8 heteroatoms. The Balaban J connectivity index is 5.36. The molecule has 0 heterocycles. The molecule has 0 fully saturated rings. The minimum Gasteiger partial charge on any atom is -0.276 e. The van der Waals surface area contributed by atoms with Gasteiger partial charge in [0.2, 0.25) is 21.0 Å². The van der Waals surface area contributed by atoms with Gasteiger partial charge in [-0.25, -0.2) is 0 Å². The van der Waals surface area contributed by atoms with Crippen molar-refractivity contribution < 1.29 is 19.2 Å². The van der Waals surface area contributed by atoms with Crippen LogP contribution in [0.3, 0.4) is 0 Å². The van der Waals surface area contributed by atoms with E-state index in [1.54, 1.807) is 13.8 Å². The van der Waals surface area contributed by atoms with Crippen molar-refractivity contribution in [2.24, 2.45) is 0 Å². The van der Waals surface area contributed by atoms with E-state index < -0.39 is 21.0 Å². The highest BCUT2D eigenvalue weighted by Gasteiger charge is 2.20. The maximum absolute atomic E-state index is 11.5. The molecule has 0 aliphatic rings. The summed E-state index contributed by atoms with van der Waals surface area (Å²) >= 11 is 21.9. The fourth-order valence-corrected chi connectivity index (χ4v) is 3.03. The maximum Gasteiger partial charge on any atom is 0.248 e. The minimum absolute atomic E-state index is 0.103. The van der Waals surface area contributed by atoms with Crippen LogP contribution in [-0.2, 0) is 19.2 Å². The topological polar surface area (TPSA) is 68.3 Å². The second-order valence-electron chi connectivity index (χ2n) is 4.57. The third-order valence-corrected chi connectivity index (χ3v) is 4.15. The number of hydrogen-bond donors (Lipinski definition) is 0. The second kappa shape index (κ2) is 11.0. The minimum atomic E-state index is -0.775. The van der Waals surface area contributed by atoms with Crippen LogP contribution in [-0.4, -0.2) is 21.0 Å². The fraction of sp³-hybridized carbons (Fsp3) is 0.467. The van der Waals surface area contributed by atoms with E-state index in [1.165, 1.54) is 0 Å². The highest BCUT2D eigenvalue weighted by molar-refractivity contribution is 6.72. The van der Waals surface area contributed by atoms with Crippen LogP contribution in [0.15, 0.2) is 22.3 Å². The zero-order valence-electron chi connectivity index (χ0n) is 12.7. The summed E-state index contributed by atoms with van der Waals surface area (Å²) in [6.45, 7) is 3.34. The summed E-state index contributed by atoms with van der Waals surface area (Å²) in [4.78, 5) is 45.6. The molecule has 23 heavy (non-hydrogen) atoms. The van der Waals surface area contributed by atoms with E-state index in [-0.39, 0.29) is 54.4 Å². The van der Waals surface area contributed by atoms with E-state index in [2.05, 4.69) is 0 Å². The molecule has 0 atom stereocenters. The molecule has 0 aliphatic heterocycles. The van der Waals surface area contributed by atoms with Gasteiger partial charge in [-0.15, -0.1) is 0 Å². The molecule has 0 rings (SSSR count). The molecule has 0 saturated heterocycles. The van der Waals surface area contributed by atoms with Crippen molar-refractivity contribution in [2.45, 2.75) is 46.0 Å². The van der Waals surface area contributed by atoms with Crippen molar-refractivity contribution >= 4 is 67.4 Å².